The molecule has 0 aromatic carbocycles. The van der Waals surface area contributed by atoms with Crippen LogP contribution in [0, 0.1) is 0 Å². The highest BCUT2D eigenvalue weighted by Crippen LogP contribution is 2.20. The van der Waals surface area contributed by atoms with Crippen molar-refractivity contribution in [3.05, 3.63) is 12.7 Å². The highest BCUT2D eigenvalue weighted by Gasteiger charge is 2.23. The molecule has 90 valence electrons. The normalized spacial score (nSPS) is 12.6. The Morgan fingerprint density at radius 2 is 2.35 bits per heavy atom. The van der Waals surface area contributed by atoms with Gasteiger partial charge in [-0.1, -0.05) is 0 Å². The standard InChI is InChI=1S/C9H10FN5O2/c1-2-17-9(16)6(10)15-4-14-5-7(11)12-3-13-8(5)15/h3-4,6H,2H2,1H3,(H2,11,12,13). The van der Waals surface area contributed by atoms with Crippen LogP contribution in [0.5, 0.6) is 0 Å². The van der Waals surface area contributed by atoms with E-state index >= 15 is 0 Å². The van der Waals surface area contributed by atoms with E-state index in [9.17, 15) is 9.18 Å². The van der Waals surface area contributed by atoms with E-state index in [2.05, 4.69) is 19.7 Å². The SMILES string of the molecule is CCOC(=O)C(F)n1cnc2c(N)ncnc21. The fourth-order valence-corrected chi connectivity index (χ4v) is 1.36. The number of alkyl halides is 1. The molecule has 0 aliphatic carbocycles. The number of carbonyl (C=O) groups is 1. The average molecular weight is 239 g/mol. The minimum atomic E-state index is -1.99. The Bertz CT molecular complexity index is 555. The number of anilines is 1. The van der Waals surface area contributed by atoms with E-state index in [1.165, 1.54) is 6.33 Å². The molecule has 2 heterocycles. The van der Waals surface area contributed by atoms with Crippen LogP contribution in [-0.2, 0) is 9.53 Å². The largest absolute Gasteiger partial charge is 0.462 e. The number of esters is 1. The maximum Gasteiger partial charge on any atom is 0.362 e. The summed E-state index contributed by atoms with van der Waals surface area (Å²) in [5.74, 6) is -0.867. The van der Waals surface area contributed by atoms with Gasteiger partial charge in [0.05, 0.1) is 6.61 Å². The molecule has 0 radical (unpaired) electrons. The third-order valence-corrected chi connectivity index (χ3v) is 2.11. The van der Waals surface area contributed by atoms with Gasteiger partial charge in [-0.15, -0.1) is 0 Å². The Balaban J connectivity index is 2.42. The zero-order valence-corrected chi connectivity index (χ0v) is 9.00. The lowest BCUT2D eigenvalue weighted by Crippen LogP contribution is -2.17. The summed E-state index contributed by atoms with van der Waals surface area (Å²) in [5.41, 5.74) is 5.94. The molecule has 2 N–H and O–H groups in total. The Morgan fingerprint density at radius 3 is 3.06 bits per heavy atom. The number of hydrogen-bond acceptors (Lipinski definition) is 6. The molecule has 0 fully saturated rings. The second-order valence-corrected chi connectivity index (χ2v) is 3.17. The molecule has 2 rings (SSSR count). The Kier molecular flexibility index (Phi) is 2.86. The first kappa shape index (κ1) is 11.2. The molecule has 0 spiro atoms. The molecule has 0 saturated carbocycles. The van der Waals surface area contributed by atoms with E-state index in [-0.39, 0.29) is 23.6 Å². The van der Waals surface area contributed by atoms with E-state index < -0.39 is 12.3 Å². The molecule has 2 aromatic heterocycles. The van der Waals surface area contributed by atoms with Crippen LogP contribution in [0.1, 0.15) is 13.2 Å². The van der Waals surface area contributed by atoms with E-state index in [1.54, 1.807) is 6.92 Å². The van der Waals surface area contributed by atoms with Crippen molar-refractivity contribution in [1.82, 2.24) is 19.5 Å². The van der Waals surface area contributed by atoms with Gasteiger partial charge in [-0.05, 0) is 6.92 Å². The van der Waals surface area contributed by atoms with Gasteiger partial charge in [0.1, 0.15) is 18.2 Å². The van der Waals surface area contributed by atoms with E-state index in [1.807, 2.05) is 0 Å². The number of halogens is 1. The van der Waals surface area contributed by atoms with E-state index in [0.29, 0.717) is 0 Å². The number of fused-ring (bicyclic) bond motifs is 1. The second kappa shape index (κ2) is 4.32. The molecule has 0 aliphatic heterocycles. The molecule has 1 atom stereocenters. The lowest BCUT2D eigenvalue weighted by molar-refractivity contribution is -0.152. The monoisotopic (exact) mass is 239 g/mol. The Morgan fingerprint density at radius 1 is 1.59 bits per heavy atom. The Hall–Kier alpha value is -2.25. The molecule has 8 heteroatoms. The molecule has 2 aromatic rings. The van der Waals surface area contributed by atoms with Crippen LogP contribution in [0.15, 0.2) is 12.7 Å². The van der Waals surface area contributed by atoms with Crippen molar-refractivity contribution in [3.8, 4) is 0 Å². The lowest BCUT2D eigenvalue weighted by Gasteiger charge is -2.08. The highest BCUT2D eigenvalue weighted by atomic mass is 19.1. The van der Waals surface area contributed by atoms with Gasteiger partial charge in [-0.2, -0.15) is 0 Å². The van der Waals surface area contributed by atoms with Crippen molar-refractivity contribution in [2.75, 3.05) is 12.3 Å². The molecular formula is C9H10FN5O2. The number of nitrogen functional groups attached to an aromatic ring is 1. The summed E-state index contributed by atoms with van der Waals surface area (Å²) in [6.07, 6.45) is 0.319. The number of aromatic nitrogens is 4. The predicted molar refractivity (Wildman–Crippen MR) is 56.5 cm³/mol. The number of nitrogens with zero attached hydrogens (tertiary/aromatic N) is 4. The highest BCUT2D eigenvalue weighted by molar-refractivity contribution is 5.83. The lowest BCUT2D eigenvalue weighted by atomic mass is 10.5. The fourth-order valence-electron chi connectivity index (χ4n) is 1.36. The average Bonchev–Trinajstić information content (AvgIpc) is 2.73. The first-order valence-electron chi connectivity index (χ1n) is 4.89. The van der Waals surface area contributed by atoms with Gasteiger partial charge in [0.15, 0.2) is 11.5 Å². The maximum absolute atomic E-state index is 13.8. The van der Waals surface area contributed by atoms with Gasteiger partial charge in [0.25, 0.3) is 6.30 Å². The minimum Gasteiger partial charge on any atom is -0.462 e. The quantitative estimate of drug-likeness (QED) is 0.781. The van der Waals surface area contributed by atoms with Gasteiger partial charge in [-0.25, -0.2) is 24.1 Å². The van der Waals surface area contributed by atoms with Gasteiger partial charge in [-0.3, -0.25) is 4.57 Å². The number of carbonyl (C=O) groups excluding carboxylic acids is 1. The predicted octanol–water partition coefficient (Wildman–Crippen LogP) is 0.440. The van der Waals surface area contributed by atoms with Crippen molar-refractivity contribution in [1.29, 1.82) is 0 Å². The van der Waals surface area contributed by atoms with Crippen LogP contribution in [0.2, 0.25) is 0 Å². The first-order valence-corrected chi connectivity index (χ1v) is 4.89. The third kappa shape index (κ3) is 1.88. The molecular weight excluding hydrogens is 229 g/mol. The maximum atomic E-state index is 13.8. The number of imidazole rings is 1. The number of ether oxygens (including phenoxy) is 1. The molecule has 1 unspecified atom stereocenters. The summed E-state index contributed by atoms with van der Waals surface area (Å²) in [4.78, 5) is 22.6. The van der Waals surface area contributed by atoms with Gasteiger partial charge in [0.2, 0.25) is 0 Å². The summed E-state index contributed by atoms with van der Waals surface area (Å²) in [7, 11) is 0. The summed E-state index contributed by atoms with van der Waals surface area (Å²) in [6, 6.07) is 0. The van der Waals surface area contributed by atoms with Crippen molar-refractivity contribution in [3.63, 3.8) is 0 Å². The Labute approximate surface area is 95.4 Å². The summed E-state index contributed by atoms with van der Waals surface area (Å²) >= 11 is 0. The first-order chi connectivity index (χ1) is 8.15. The number of rotatable bonds is 3. The summed E-state index contributed by atoms with van der Waals surface area (Å²) < 4.78 is 19.3. The zero-order valence-electron chi connectivity index (χ0n) is 9.00. The van der Waals surface area contributed by atoms with Gasteiger partial charge >= 0.3 is 5.97 Å². The molecule has 0 saturated heterocycles. The van der Waals surface area contributed by atoms with Crippen molar-refractivity contribution < 1.29 is 13.9 Å². The van der Waals surface area contributed by atoms with Crippen LogP contribution < -0.4 is 5.73 Å². The molecule has 0 aliphatic rings. The molecule has 7 nitrogen and oxygen atoms in total. The number of hydrogen-bond donors (Lipinski definition) is 1. The van der Waals surface area contributed by atoms with E-state index in [4.69, 9.17) is 5.73 Å². The fraction of sp³-hybridized carbons (Fsp3) is 0.333. The molecule has 17 heavy (non-hydrogen) atoms. The zero-order chi connectivity index (χ0) is 12.4. The van der Waals surface area contributed by atoms with Crippen molar-refractivity contribution in [2.45, 2.75) is 13.2 Å². The van der Waals surface area contributed by atoms with Crippen LogP contribution >= 0.6 is 0 Å². The topological polar surface area (TPSA) is 95.9 Å². The number of nitrogens with two attached hydrogens (primary N) is 1. The van der Waals surface area contributed by atoms with Crippen molar-refractivity contribution in [2.24, 2.45) is 0 Å². The van der Waals surface area contributed by atoms with Gasteiger partial charge < -0.3 is 10.5 Å². The summed E-state index contributed by atoms with van der Waals surface area (Å²) in [5, 5.41) is 0. The second-order valence-electron chi connectivity index (χ2n) is 3.17. The van der Waals surface area contributed by atoms with Crippen LogP contribution in [-0.4, -0.2) is 32.1 Å². The van der Waals surface area contributed by atoms with Crippen LogP contribution in [0.3, 0.4) is 0 Å². The van der Waals surface area contributed by atoms with E-state index in [0.717, 1.165) is 10.9 Å². The third-order valence-electron chi connectivity index (χ3n) is 2.11. The van der Waals surface area contributed by atoms with Crippen LogP contribution in [0.25, 0.3) is 11.2 Å². The summed E-state index contributed by atoms with van der Waals surface area (Å²) in [6.45, 7) is 1.69. The van der Waals surface area contributed by atoms with Gasteiger partial charge in [0, 0.05) is 0 Å². The minimum absolute atomic E-state index is 0.100. The van der Waals surface area contributed by atoms with Crippen LogP contribution in [0.4, 0.5) is 10.2 Å². The smallest absolute Gasteiger partial charge is 0.362 e. The van der Waals surface area contributed by atoms with Crippen molar-refractivity contribution >= 4 is 23.0 Å². The molecule has 0 bridgehead atoms. The molecule has 0 amide bonds.